The smallest absolute Gasteiger partial charge is 0.314 e. The number of hydrogen-bond acceptors (Lipinski definition) is 4. The van der Waals surface area contributed by atoms with Crippen molar-refractivity contribution < 1.29 is 19.8 Å². The molecule has 0 bridgehead atoms. The van der Waals surface area contributed by atoms with E-state index in [0.717, 1.165) is 0 Å². The van der Waals surface area contributed by atoms with Crippen LogP contribution in [0.15, 0.2) is 0 Å². The minimum Gasteiger partial charge on any atom is -0.481 e. The van der Waals surface area contributed by atoms with Crippen LogP contribution in [-0.2, 0) is 9.59 Å². The van der Waals surface area contributed by atoms with Gasteiger partial charge in [0, 0.05) is 12.3 Å². The van der Waals surface area contributed by atoms with Crippen molar-refractivity contribution in [3.63, 3.8) is 0 Å². The number of aliphatic hydroxyl groups excluding tert-OH is 1. The summed E-state index contributed by atoms with van der Waals surface area (Å²) in [6, 6.07) is 0. The average molecular weight is 217 g/mol. The topological polar surface area (TPSA) is 77.8 Å². The quantitative estimate of drug-likeness (QED) is 0.601. The number of aliphatic carboxylic acids is 1. The van der Waals surface area contributed by atoms with E-state index in [1.54, 1.807) is 4.90 Å². The third kappa shape index (κ3) is 1.21. The molecule has 1 unspecified atom stereocenters. The van der Waals surface area contributed by atoms with Gasteiger partial charge in [-0.1, -0.05) is 0 Å². The molecule has 0 aliphatic carbocycles. The fourth-order valence-electron chi connectivity index (χ4n) is 1.68. The summed E-state index contributed by atoms with van der Waals surface area (Å²) in [7, 11) is 0. The van der Waals surface area contributed by atoms with Crippen molar-refractivity contribution in [2.75, 3.05) is 18.9 Å². The summed E-state index contributed by atoms with van der Waals surface area (Å²) in [5.74, 6) is -0.653. The van der Waals surface area contributed by atoms with Gasteiger partial charge in [-0.3, -0.25) is 9.59 Å². The summed E-state index contributed by atoms with van der Waals surface area (Å²) in [5.41, 5.74) is -1.16. The van der Waals surface area contributed by atoms with Crippen LogP contribution in [0, 0.1) is 5.41 Å². The SMILES string of the molecule is O=C1C[C@H]2SCC(CO)(C(=O)O)CN12. The van der Waals surface area contributed by atoms with Gasteiger partial charge in [-0.2, -0.15) is 0 Å². The van der Waals surface area contributed by atoms with Gasteiger partial charge in [0.1, 0.15) is 5.41 Å². The number of fused-ring (bicyclic) bond motifs is 1. The number of carbonyl (C=O) groups excluding carboxylic acids is 1. The second-order valence-corrected chi connectivity index (χ2v) is 4.90. The van der Waals surface area contributed by atoms with Crippen LogP contribution < -0.4 is 0 Å². The summed E-state index contributed by atoms with van der Waals surface area (Å²) in [5, 5.41) is 18.2. The van der Waals surface area contributed by atoms with Gasteiger partial charge >= 0.3 is 5.97 Å². The number of β-lactam (4-membered cyclic amide) rings is 1. The molecule has 2 aliphatic heterocycles. The van der Waals surface area contributed by atoms with Crippen LogP contribution in [0.25, 0.3) is 0 Å². The van der Waals surface area contributed by atoms with Gasteiger partial charge in [0.05, 0.1) is 18.4 Å². The number of hydrogen-bond donors (Lipinski definition) is 2. The number of carbonyl (C=O) groups is 2. The fourth-order valence-corrected chi connectivity index (χ4v) is 3.13. The van der Waals surface area contributed by atoms with E-state index in [9.17, 15) is 9.59 Å². The fraction of sp³-hybridized carbons (Fsp3) is 0.750. The molecule has 5 nitrogen and oxygen atoms in total. The molecule has 0 aromatic heterocycles. The standard InChI is InChI=1S/C8H11NO4S/c10-3-8(7(12)13)2-9-5(11)1-6(9)14-4-8/h6,10H,1-4H2,(H,12,13)/t6-,8?/m1/s1. The lowest BCUT2D eigenvalue weighted by Crippen LogP contribution is -2.62. The van der Waals surface area contributed by atoms with Crippen LogP contribution in [0.2, 0.25) is 0 Å². The second kappa shape index (κ2) is 3.13. The molecule has 2 saturated heterocycles. The zero-order chi connectivity index (χ0) is 10.3. The largest absolute Gasteiger partial charge is 0.481 e. The number of rotatable bonds is 2. The Labute approximate surface area is 85.1 Å². The molecular formula is C8H11NO4S. The van der Waals surface area contributed by atoms with Crippen molar-refractivity contribution >= 4 is 23.6 Å². The van der Waals surface area contributed by atoms with E-state index in [-0.39, 0.29) is 17.8 Å². The zero-order valence-electron chi connectivity index (χ0n) is 7.47. The Morgan fingerprint density at radius 2 is 2.43 bits per heavy atom. The van der Waals surface area contributed by atoms with Crippen molar-refractivity contribution in [3.8, 4) is 0 Å². The van der Waals surface area contributed by atoms with Crippen LogP contribution in [0.5, 0.6) is 0 Å². The molecular weight excluding hydrogens is 206 g/mol. The van der Waals surface area contributed by atoms with Gasteiger partial charge in [-0.05, 0) is 0 Å². The summed E-state index contributed by atoms with van der Waals surface area (Å²) in [4.78, 5) is 23.6. The van der Waals surface area contributed by atoms with Crippen molar-refractivity contribution in [1.82, 2.24) is 4.90 Å². The van der Waals surface area contributed by atoms with Crippen LogP contribution in [0.3, 0.4) is 0 Å². The Morgan fingerprint density at radius 3 is 2.93 bits per heavy atom. The molecule has 2 N–H and O–H groups in total. The maximum atomic E-state index is 11.1. The molecule has 1 amide bonds. The summed E-state index contributed by atoms with van der Waals surface area (Å²) in [6.07, 6.45) is 0.506. The Bertz CT molecular complexity index is 295. The van der Waals surface area contributed by atoms with Gasteiger partial charge < -0.3 is 15.1 Å². The van der Waals surface area contributed by atoms with Crippen LogP contribution in [-0.4, -0.2) is 51.3 Å². The van der Waals surface area contributed by atoms with Crippen molar-refractivity contribution in [2.45, 2.75) is 11.8 Å². The summed E-state index contributed by atoms with van der Waals surface area (Å²) < 4.78 is 0. The highest BCUT2D eigenvalue weighted by Gasteiger charge is 2.51. The van der Waals surface area contributed by atoms with Gasteiger partial charge in [0.15, 0.2) is 0 Å². The summed E-state index contributed by atoms with van der Waals surface area (Å²) >= 11 is 1.44. The van der Waals surface area contributed by atoms with Crippen LogP contribution in [0.1, 0.15) is 6.42 Å². The lowest BCUT2D eigenvalue weighted by Gasteiger charge is -2.49. The number of amides is 1. The van der Waals surface area contributed by atoms with Crippen LogP contribution >= 0.6 is 11.8 Å². The number of carboxylic acid groups (broad SMARTS) is 1. The first-order valence-corrected chi connectivity index (χ1v) is 5.39. The molecule has 2 fully saturated rings. The molecule has 2 atom stereocenters. The molecule has 0 radical (unpaired) electrons. The predicted molar refractivity (Wildman–Crippen MR) is 49.7 cm³/mol. The van der Waals surface area contributed by atoms with Gasteiger partial charge in [0.25, 0.3) is 0 Å². The van der Waals surface area contributed by atoms with E-state index < -0.39 is 18.0 Å². The van der Waals surface area contributed by atoms with Gasteiger partial charge in [-0.15, -0.1) is 11.8 Å². The minimum atomic E-state index is -1.16. The lowest BCUT2D eigenvalue weighted by atomic mass is 9.89. The molecule has 0 aromatic carbocycles. The Hall–Kier alpha value is -0.750. The number of thioether (sulfide) groups is 1. The maximum Gasteiger partial charge on any atom is 0.314 e. The monoisotopic (exact) mass is 217 g/mol. The van der Waals surface area contributed by atoms with E-state index in [1.165, 1.54) is 11.8 Å². The van der Waals surface area contributed by atoms with E-state index in [4.69, 9.17) is 10.2 Å². The number of carboxylic acids is 1. The molecule has 0 spiro atoms. The first-order valence-electron chi connectivity index (χ1n) is 4.34. The molecule has 2 aliphatic rings. The third-order valence-corrected chi connectivity index (χ3v) is 4.32. The second-order valence-electron chi connectivity index (χ2n) is 3.74. The molecule has 78 valence electrons. The first-order chi connectivity index (χ1) is 6.59. The predicted octanol–water partition coefficient (Wildman–Crippen LogP) is -0.645. The minimum absolute atomic E-state index is 0.0127. The van der Waals surface area contributed by atoms with Gasteiger partial charge in [0.2, 0.25) is 5.91 Å². The van der Waals surface area contributed by atoms with Gasteiger partial charge in [-0.25, -0.2) is 0 Å². The molecule has 0 saturated carbocycles. The Balaban J connectivity index is 2.15. The van der Waals surface area contributed by atoms with Crippen molar-refractivity contribution in [2.24, 2.45) is 5.41 Å². The highest BCUT2D eigenvalue weighted by Crippen LogP contribution is 2.41. The lowest BCUT2D eigenvalue weighted by molar-refractivity contribution is -0.157. The zero-order valence-corrected chi connectivity index (χ0v) is 8.29. The molecule has 2 rings (SSSR count). The first kappa shape index (κ1) is 9.79. The van der Waals surface area contributed by atoms with E-state index in [0.29, 0.717) is 12.2 Å². The highest BCUT2D eigenvalue weighted by atomic mass is 32.2. The average Bonchev–Trinajstić information content (AvgIpc) is 2.16. The number of aliphatic hydroxyl groups is 1. The van der Waals surface area contributed by atoms with Crippen molar-refractivity contribution in [1.29, 1.82) is 0 Å². The molecule has 2 heterocycles. The van der Waals surface area contributed by atoms with E-state index in [1.807, 2.05) is 0 Å². The van der Waals surface area contributed by atoms with Crippen molar-refractivity contribution in [3.05, 3.63) is 0 Å². The summed E-state index contributed by atoms with van der Waals surface area (Å²) in [6.45, 7) is -0.263. The number of nitrogens with zero attached hydrogens (tertiary/aromatic N) is 1. The highest BCUT2D eigenvalue weighted by molar-refractivity contribution is 8.00. The Morgan fingerprint density at radius 1 is 1.71 bits per heavy atom. The van der Waals surface area contributed by atoms with Crippen LogP contribution in [0.4, 0.5) is 0 Å². The maximum absolute atomic E-state index is 11.1. The molecule has 6 heteroatoms. The Kier molecular flexibility index (Phi) is 2.19. The normalized spacial score (nSPS) is 36.2. The molecule has 0 aromatic rings. The van der Waals surface area contributed by atoms with E-state index >= 15 is 0 Å². The van der Waals surface area contributed by atoms with E-state index in [2.05, 4.69) is 0 Å². The molecule has 14 heavy (non-hydrogen) atoms. The third-order valence-electron chi connectivity index (χ3n) is 2.80.